The van der Waals surface area contributed by atoms with E-state index in [1.54, 1.807) is 6.26 Å². The molecule has 0 heterocycles. The van der Waals surface area contributed by atoms with Gasteiger partial charge in [0, 0.05) is 26.0 Å². The molecule has 180 valence electrons. The van der Waals surface area contributed by atoms with Crippen LogP contribution in [0.1, 0.15) is 37.5 Å². The second-order valence-corrected chi connectivity index (χ2v) is 10.9. The highest BCUT2D eigenvalue weighted by Crippen LogP contribution is 2.36. The summed E-state index contributed by atoms with van der Waals surface area (Å²) in [5, 5.41) is 0. The Kier molecular flexibility index (Phi) is 9.85. The van der Waals surface area contributed by atoms with Crippen molar-refractivity contribution >= 4 is 73.7 Å². The average molecular weight is 609 g/mol. The lowest BCUT2D eigenvalue weighted by molar-refractivity contribution is 0.590. The summed E-state index contributed by atoms with van der Waals surface area (Å²) < 4.78 is 2.16. The smallest absolute Gasteiger partial charge is 0.0462 e. The van der Waals surface area contributed by atoms with E-state index in [1.165, 1.54) is 16.7 Å². The lowest BCUT2D eigenvalue weighted by Gasteiger charge is -2.27. The molecule has 0 atom stereocenters. The fraction of sp³-hybridized carbons (Fsp3) is 0.161. The first-order valence-corrected chi connectivity index (χ1v) is 13.9. The number of rotatable bonds is 5. The Morgan fingerprint density at radius 1 is 0.543 bits per heavy atom. The third kappa shape index (κ3) is 7.60. The predicted octanol–water partition coefficient (Wildman–Crippen LogP) is 10.7. The van der Waals surface area contributed by atoms with Gasteiger partial charge in [0.15, 0.2) is 0 Å². The van der Waals surface area contributed by atoms with Gasteiger partial charge in [-0.2, -0.15) is 12.6 Å². The zero-order valence-electron chi connectivity index (χ0n) is 20.5. The Bertz CT molecular complexity index is 1220. The Morgan fingerprint density at radius 3 is 1.26 bits per heavy atom. The van der Waals surface area contributed by atoms with E-state index in [0.29, 0.717) is 0 Å². The van der Waals surface area contributed by atoms with Gasteiger partial charge < -0.3 is 4.90 Å². The normalized spacial score (nSPS) is 11.2. The van der Waals surface area contributed by atoms with E-state index in [1.807, 2.05) is 0 Å². The summed E-state index contributed by atoms with van der Waals surface area (Å²) in [6.07, 6.45) is 5.98. The van der Waals surface area contributed by atoms with Gasteiger partial charge in [-0.25, -0.2) is 0 Å². The summed E-state index contributed by atoms with van der Waals surface area (Å²) in [5.74, 6) is 0. The van der Waals surface area contributed by atoms with Gasteiger partial charge in [0.05, 0.1) is 0 Å². The van der Waals surface area contributed by atoms with Gasteiger partial charge in [-0.05, 0) is 89.0 Å². The molecule has 0 unspecified atom stereocenters. The average Bonchev–Trinajstić information content (AvgIpc) is 2.87. The first-order chi connectivity index (χ1) is 16.8. The zero-order valence-corrected chi connectivity index (χ0v) is 24.6. The third-order valence-corrected chi connectivity index (χ3v) is 6.62. The summed E-state index contributed by atoms with van der Waals surface area (Å²) in [4.78, 5) is 2.29. The van der Waals surface area contributed by atoms with Crippen LogP contribution in [0.2, 0.25) is 0 Å². The summed E-state index contributed by atoms with van der Waals surface area (Å²) in [6, 6.07) is 34.4. The Hall–Kier alpha value is -2.27. The quantitative estimate of drug-likeness (QED) is 0.174. The molecule has 0 aliphatic heterocycles. The van der Waals surface area contributed by atoms with E-state index in [4.69, 9.17) is 0 Å². The number of halogens is 2. The van der Waals surface area contributed by atoms with Crippen molar-refractivity contribution in [1.29, 1.82) is 0 Å². The molecule has 0 aromatic heterocycles. The Balaban J connectivity index is 0.00000167. The highest BCUT2D eigenvalue weighted by molar-refractivity contribution is 9.10. The van der Waals surface area contributed by atoms with Crippen LogP contribution in [0, 0.1) is 0 Å². The minimum absolute atomic E-state index is 0.129. The van der Waals surface area contributed by atoms with Crippen LogP contribution in [-0.4, -0.2) is 6.26 Å². The van der Waals surface area contributed by atoms with Crippen molar-refractivity contribution in [2.45, 2.75) is 26.2 Å². The highest BCUT2D eigenvalue weighted by Gasteiger charge is 2.16. The molecule has 0 aliphatic carbocycles. The van der Waals surface area contributed by atoms with Crippen molar-refractivity contribution in [2.24, 2.45) is 0 Å². The molecule has 0 bridgehead atoms. The van der Waals surface area contributed by atoms with Gasteiger partial charge in [0.1, 0.15) is 0 Å². The maximum atomic E-state index is 3.56. The van der Waals surface area contributed by atoms with Gasteiger partial charge >= 0.3 is 0 Å². The van der Waals surface area contributed by atoms with Gasteiger partial charge in [-0.15, -0.1) is 0 Å². The first kappa shape index (κ1) is 27.3. The molecule has 4 heteroatoms. The van der Waals surface area contributed by atoms with Gasteiger partial charge in [-0.1, -0.05) is 101 Å². The van der Waals surface area contributed by atoms with E-state index >= 15 is 0 Å². The van der Waals surface area contributed by atoms with Crippen molar-refractivity contribution in [3.63, 3.8) is 0 Å². The monoisotopic (exact) mass is 607 g/mol. The van der Waals surface area contributed by atoms with Crippen LogP contribution in [0.25, 0.3) is 12.2 Å². The van der Waals surface area contributed by atoms with Crippen molar-refractivity contribution in [3.05, 3.63) is 123 Å². The second-order valence-electron chi connectivity index (χ2n) is 9.09. The number of hydrogen-bond donors (Lipinski definition) is 1. The largest absolute Gasteiger partial charge is 0.311 e. The van der Waals surface area contributed by atoms with Gasteiger partial charge in [0.25, 0.3) is 0 Å². The standard InChI is InChI=1S/C30H27Br2N.CH4S/c1-30(2,3)24-10-18-28(19-11-24)33(29-20-14-26(32)15-21-29)27-16-8-23(9-17-27)5-4-22-6-12-25(31)13-7-22;1-2/h4-21H,1-3H3;2H,1H3/b5-4+;. The molecule has 4 aromatic carbocycles. The predicted molar refractivity (Wildman–Crippen MR) is 166 cm³/mol. The van der Waals surface area contributed by atoms with Crippen LogP contribution in [-0.2, 0) is 5.41 Å². The van der Waals surface area contributed by atoms with E-state index in [2.05, 4.69) is 179 Å². The lowest BCUT2D eigenvalue weighted by atomic mass is 9.87. The summed E-state index contributed by atoms with van der Waals surface area (Å²) in [7, 11) is 0. The van der Waals surface area contributed by atoms with Crippen LogP contribution in [0.4, 0.5) is 17.1 Å². The second kappa shape index (κ2) is 12.6. The first-order valence-electron chi connectivity index (χ1n) is 11.4. The van der Waals surface area contributed by atoms with Gasteiger partial charge in [0.2, 0.25) is 0 Å². The summed E-state index contributed by atoms with van der Waals surface area (Å²) in [6.45, 7) is 6.74. The van der Waals surface area contributed by atoms with E-state index in [0.717, 1.165) is 26.0 Å². The van der Waals surface area contributed by atoms with Crippen molar-refractivity contribution in [3.8, 4) is 0 Å². The van der Waals surface area contributed by atoms with Crippen molar-refractivity contribution in [2.75, 3.05) is 11.2 Å². The van der Waals surface area contributed by atoms with Crippen LogP contribution in [0.3, 0.4) is 0 Å². The molecular formula is C31H31Br2NS. The summed E-state index contributed by atoms with van der Waals surface area (Å²) >= 11 is 10.6. The number of thiol groups is 1. The minimum atomic E-state index is 0.129. The molecule has 0 spiro atoms. The number of hydrogen-bond acceptors (Lipinski definition) is 2. The SMILES string of the molecule is CC(C)(C)c1ccc(N(c2ccc(Br)cc2)c2ccc(/C=C/c3ccc(Br)cc3)cc2)cc1.CS. The van der Waals surface area contributed by atoms with Crippen LogP contribution in [0.5, 0.6) is 0 Å². The zero-order chi connectivity index (χ0) is 25.4. The molecule has 0 fully saturated rings. The molecule has 0 amide bonds. The number of benzene rings is 4. The number of nitrogens with zero attached hydrogens (tertiary/aromatic N) is 1. The lowest BCUT2D eigenvalue weighted by Crippen LogP contribution is -2.13. The van der Waals surface area contributed by atoms with Crippen molar-refractivity contribution < 1.29 is 0 Å². The molecule has 0 aliphatic rings. The Labute approximate surface area is 232 Å². The molecule has 0 saturated heterocycles. The van der Waals surface area contributed by atoms with Crippen LogP contribution >= 0.6 is 44.5 Å². The molecule has 4 aromatic rings. The van der Waals surface area contributed by atoms with Crippen molar-refractivity contribution in [1.82, 2.24) is 0 Å². The maximum absolute atomic E-state index is 3.56. The number of anilines is 3. The van der Waals surface area contributed by atoms with Crippen LogP contribution in [0.15, 0.2) is 106 Å². The van der Waals surface area contributed by atoms with Gasteiger partial charge in [-0.3, -0.25) is 0 Å². The molecule has 35 heavy (non-hydrogen) atoms. The van der Waals surface area contributed by atoms with E-state index in [9.17, 15) is 0 Å². The minimum Gasteiger partial charge on any atom is -0.311 e. The summed E-state index contributed by atoms with van der Waals surface area (Å²) in [5.41, 5.74) is 7.20. The Morgan fingerprint density at radius 2 is 0.857 bits per heavy atom. The third-order valence-electron chi connectivity index (χ3n) is 5.57. The molecular weight excluding hydrogens is 578 g/mol. The molecule has 0 N–H and O–H groups in total. The van der Waals surface area contributed by atoms with Crippen LogP contribution < -0.4 is 4.90 Å². The van der Waals surface area contributed by atoms with E-state index < -0.39 is 0 Å². The topological polar surface area (TPSA) is 3.24 Å². The maximum Gasteiger partial charge on any atom is 0.0462 e. The highest BCUT2D eigenvalue weighted by atomic mass is 79.9. The van der Waals surface area contributed by atoms with E-state index in [-0.39, 0.29) is 5.41 Å². The molecule has 4 rings (SSSR count). The molecule has 0 radical (unpaired) electrons. The fourth-order valence-corrected chi connectivity index (χ4v) is 4.18. The fourth-order valence-electron chi connectivity index (χ4n) is 3.65. The molecule has 1 nitrogen and oxygen atoms in total. The molecule has 0 saturated carbocycles.